The number of amides is 1. The van der Waals surface area contributed by atoms with Gasteiger partial charge in [-0.2, -0.15) is 0 Å². The van der Waals surface area contributed by atoms with Crippen molar-refractivity contribution in [1.29, 1.82) is 0 Å². The van der Waals surface area contributed by atoms with Gasteiger partial charge in [-0.05, 0) is 48.4 Å². The zero-order chi connectivity index (χ0) is 16.9. The van der Waals surface area contributed by atoms with Crippen molar-refractivity contribution in [2.75, 3.05) is 11.6 Å². The standard InChI is InChI=1S/C19H21ClN2O2/c1-2-3-11-24-17-6-4-5-14(12-17)18-13-19(23)21-22(18)16-9-7-15(20)8-10-16/h4-10,12,18H,2-3,11,13H2,1H3,(H,21,23). The maximum Gasteiger partial charge on any atom is 0.241 e. The molecule has 4 nitrogen and oxygen atoms in total. The van der Waals surface area contributed by atoms with Crippen LogP contribution in [0.15, 0.2) is 48.5 Å². The number of nitrogens with zero attached hydrogens (tertiary/aromatic N) is 1. The predicted molar refractivity (Wildman–Crippen MR) is 96.3 cm³/mol. The highest BCUT2D eigenvalue weighted by molar-refractivity contribution is 6.30. The van der Waals surface area contributed by atoms with Crippen LogP contribution in [0, 0.1) is 0 Å². The van der Waals surface area contributed by atoms with Gasteiger partial charge in [-0.1, -0.05) is 37.1 Å². The Morgan fingerprint density at radius 1 is 1.25 bits per heavy atom. The summed E-state index contributed by atoms with van der Waals surface area (Å²) in [5.41, 5.74) is 4.88. The van der Waals surface area contributed by atoms with E-state index >= 15 is 0 Å². The summed E-state index contributed by atoms with van der Waals surface area (Å²) in [7, 11) is 0. The van der Waals surface area contributed by atoms with Gasteiger partial charge < -0.3 is 4.74 Å². The number of benzene rings is 2. The second kappa shape index (κ2) is 7.58. The molecule has 0 saturated carbocycles. The Balaban J connectivity index is 1.82. The van der Waals surface area contributed by atoms with E-state index in [1.165, 1.54) is 0 Å². The number of nitrogens with one attached hydrogen (secondary N) is 1. The monoisotopic (exact) mass is 344 g/mol. The van der Waals surface area contributed by atoms with Gasteiger partial charge in [0.05, 0.1) is 24.8 Å². The Hall–Kier alpha value is -2.20. The smallest absolute Gasteiger partial charge is 0.241 e. The molecule has 1 N–H and O–H groups in total. The van der Waals surface area contributed by atoms with E-state index in [-0.39, 0.29) is 11.9 Å². The summed E-state index contributed by atoms with van der Waals surface area (Å²) in [6.07, 6.45) is 2.55. The number of hydrogen-bond acceptors (Lipinski definition) is 3. The largest absolute Gasteiger partial charge is 0.494 e. The first kappa shape index (κ1) is 16.7. The van der Waals surface area contributed by atoms with Crippen LogP contribution < -0.4 is 15.2 Å². The van der Waals surface area contributed by atoms with Crippen molar-refractivity contribution in [2.45, 2.75) is 32.2 Å². The lowest BCUT2D eigenvalue weighted by molar-refractivity contribution is -0.119. The number of carbonyl (C=O) groups excluding carboxylic acids is 1. The van der Waals surface area contributed by atoms with Gasteiger partial charge in [-0.15, -0.1) is 0 Å². The molecule has 1 aliphatic heterocycles. The third-order valence-electron chi connectivity index (χ3n) is 4.05. The van der Waals surface area contributed by atoms with Crippen molar-refractivity contribution < 1.29 is 9.53 Å². The first-order valence-corrected chi connectivity index (χ1v) is 8.62. The molecule has 2 aromatic carbocycles. The van der Waals surface area contributed by atoms with Crippen LogP contribution in [0.4, 0.5) is 5.69 Å². The van der Waals surface area contributed by atoms with Crippen molar-refractivity contribution in [3.8, 4) is 5.75 Å². The van der Waals surface area contributed by atoms with E-state index < -0.39 is 0 Å². The third kappa shape index (κ3) is 3.82. The first-order chi connectivity index (χ1) is 11.7. The summed E-state index contributed by atoms with van der Waals surface area (Å²) in [5.74, 6) is 0.851. The number of carbonyl (C=O) groups is 1. The molecule has 5 heteroatoms. The molecule has 2 aromatic rings. The number of ether oxygens (including phenoxy) is 1. The van der Waals surface area contributed by atoms with Crippen molar-refractivity contribution in [2.24, 2.45) is 0 Å². The lowest BCUT2D eigenvalue weighted by Crippen LogP contribution is -2.34. The van der Waals surface area contributed by atoms with Gasteiger partial charge in [0.15, 0.2) is 0 Å². The molecule has 1 saturated heterocycles. The fraction of sp³-hybridized carbons (Fsp3) is 0.316. The van der Waals surface area contributed by atoms with Crippen molar-refractivity contribution in [1.82, 2.24) is 5.43 Å². The molecule has 0 aromatic heterocycles. The number of unbranched alkanes of at least 4 members (excludes halogenated alkanes) is 1. The van der Waals surface area contributed by atoms with Crippen LogP contribution in [0.1, 0.15) is 37.8 Å². The van der Waals surface area contributed by atoms with Crippen LogP contribution in [-0.2, 0) is 4.79 Å². The Kier molecular flexibility index (Phi) is 5.26. The van der Waals surface area contributed by atoms with Gasteiger partial charge in [0.2, 0.25) is 5.91 Å². The van der Waals surface area contributed by atoms with Gasteiger partial charge in [-0.3, -0.25) is 15.2 Å². The molecule has 0 radical (unpaired) electrons. The van der Waals surface area contributed by atoms with Crippen molar-refractivity contribution in [3.05, 3.63) is 59.1 Å². The number of halogens is 1. The molecule has 0 spiro atoms. The minimum atomic E-state index is -0.0617. The molecular formula is C19H21ClN2O2. The summed E-state index contributed by atoms with van der Waals surface area (Å²) in [5, 5.41) is 2.57. The third-order valence-corrected chi connectivity index (χ3v) is 4.30. The zero-order valence-electron chi connectivity index (χ0n) is 13.7. The Morgan fingerprint density at radius 2 is 2.04 bits per heavy atom. The highest BCUT2D eigenvalue weighted by atomic mass is 35.5. The molecule has 0 aliphatic carbocycles. The number of anilines is 1. The molecule has 1 amide bonds. The highest BCUT2D eigenvalue weighted by Crippen LogP contribution is 2.34. The topological polar surface area (TPSA) is 41.6 Å². The molecule has 24 heavy (non-hydrogen) atoms. The summed E-state index contributed by atoms with van der Waals surface area (Å²) < 4.78 is 5.79. The van der Waals surface area contributed by atoms with Crippen LogP contribution in [-0.4, -0.2) is 12.5 Å². The van der Waals surface area contributed by atoms with E-state index in [1.807, 2.05) is 53.5 Å². The van der Waals surface area contributed by atoms with Gasteiger partial charge in [0, 0.05) is 5.02 Å². The molecule has 126 valence electrons. The second-order valence-electron chi connectivity index (χ2n) is 5.88. The van der Waals surface area contributed by atoms with Crippen molar-refractivity contribution in [3.63, 3.8) is 0 Å². The molecule has 1 heterocycles. The highest BCUT2D eigenvalue weighted by Gasteiger charge is 2.32. The Bertz CT molecular complexity index is 703. The fourth-order valence-corrected chi connectivity index (χ4v) is 2.91. The molecular weight excluding hydrogens is 324 g/mol. The Labute approximate surface area is 147 Å². The minimum Gasteiger partial charge on any atom is -0.494 e. The summed E-state index contributed by atoms with van der Waals surface area (Å²) >= 11 is 5.96. The van der Waals surface area contributed by atoms with Crippen LogP contribution in [0.25, 0.3) is 0 Å². The van der Waals surface area contributed by atoms with Gasteiger partial charge in [-0.25, -0.2) is 0 Å². The lowest BCUT2D eigenvalue weighted by atomic mass is 10.0. The first-order valence-electron chi connectivity index (χ1n) is 8.24. The average Bonchev–Trinajstić information content (AvgIpc) is 2.98. The summed E-state index contributed by atoms with van der Waals surface area (Å²) in [6, 6.07) is 15.4. The normalized spacial score (nSPS) is 17.0. The quantitative estimate of drug-likeness (QED) is 0.784. The number of hydrogen-bond donors (Lipinski definition) is 1. The second-order valence-corrected chi connectivity index (χ2v) is 6.31. The van der Waals surface area contributed by atoms with E-state index in [1.54, 1.807) is 0 Å². The minimum absolute atomic E-state index is 0.00672. The predicted octanol–water partition coefficient (Wildman–Crippen LogP) is 4.50. The van der Waals surface area contributed by atoms with Gasteiger partial charge in [0.25, 0.3) is 0 Å². The molecule has 1 unspecified atom stereocenters. The number of hydrazine groups is 1. The van der Waals surface area contributed by atoms with Crippen LogP contribution in [0.3, 0.4) is 0 Å². The maximum atomic E-state index is 12.0. The van der Waals surface area contributed by atoms with Crippen LogP contribution in [0.2, 0.25) is 5.02 Å². The number of rotatable bonds is 6. The van der Waals surface area contributed by atoms with E-state index in [4.69, 9.17) is 16.3 Å². The zero-order valence-corrected chi connectivity index (χ0v) is 14.4. The van der Waals surface area contributed by atoms with E-state index in [0.717, 1.165) is 29.8 Å². The SMILES string of the molecule is CCCCOc1cccc(C2CC(=O)NN2c2ccc(Cl)cc2)c1. The molecule has 3 rings (SSSR count). The average molecular weight is 345 g/mol. The van der Waals surface area contributed by atoms with Gasteiger partial charge >= 0.3 is 0 Å². The van der Waals surface area contributed by atoms with Gasteiger partial charge in [0.1, 0.15) is 5.75 Å². The maximum absolute atomic E-state index is 12.0. The molecule has 1 atom stereocenters. The Morgan fingerprint density at radius 3 is 2.79 bits per heavy atom. The molecule has 1 aliphatic rings. The van der Waals surface area contributed by atoms with E-state index in [0.29, 0.717) is 18.1 Å². The van der Waals surface area contributed by atoms with Crippen LogP contribution >= 0.6 is 11.6 Å². The lowest BCUT2D eigenvalue weighted by Gasteiger charge is -2.26. The molecule has 0 bridgehead atoms. The van der Waals surface area contributed by atoms with E-state index in [9.17, 15) is 4.79 Å². The fourth-order valence-electron chi connectivity index (χ4n) is 2.78. The van der Waals surface area contributed by atoms with Crippen LogP contribution in [0.5, 0.6) is 5.75 Å². The van der Waals surface area contributed by atoms with E-state index in [2.05, 4.69) is 12.3 Å². The summed E-state index contributed by atoms with van der Waals surface area (Å²) in [6.45, 7) is 2.85. The summed E-state index contributed by atoms with van der Waals surface area (Å²) in [4.78, 5) is 12.0. The molecule has 1 fully saturated rings. The van der Waals surface area contributed by atoms with Crippen molar-refractivity contribution >= 4 is 23.2 Å².